The maximum absolute atomic E-state index is 12.9. The predicted octanol–water partition coefficient (Wildman–Crippen LogP) is 3.00. The van der Waals surface area contributed by atoms with Gasteiger partial charge in [0.15, 0.2) is 6.04 Å². The first-order valence-electron chi connectivity index (χ1n) is 9.19. The van der Waals surface area contributed by atoms with Gasteiger partial charge in [-0.05, 0) is 57.7 Å². The second-order valence-electron chi connectivity index (χ2n) is 7.20. The van der Waals surface area contributed by atoms with Gasteiger partial charge in [-0.1, -0.05) is 0 Å². The Hall–Kier alpha value is -2.39. The molecule has 1 aliphatic heterocycles. The lowest BCUT2D eigenvalue weighted by Gasteiger charge is -2.41. The molecule has 0 aliphatic carbocycles. The number of ether oxygens (including phenoxy) is 1. The number of nitrogens with one attached hydrogen (secondary N) is 1. The van der Waals surface area contributed by atoms with Crippen molar-refractivity contribution in [3.05, 3.63) is 28.8 Å². The Morgan fingerprint density at radius 1 is 1.31 bits per heavy atom. The van der Waals surface area contributed by atoms with Crippen LogP contribution in [0.2, 0.25) is 0 Å². The second kappa shape index (κ2) is 8.33. The lowest BCUT2D eigenvalue weighted by Crippen LogP contribution is -2.58. The number of aryl methyl sites for hydroxylation is 1. The summed E-state index contributed by atoms with van der Waals surface area (Å²) in [5, 5.41) is 12.1. The van der Waals surface area contributed by atoms with E-state index < -0.39 is 5.97 Å². The largest absolute Gasteiger partial charge is 0.462 e. The monoisotopic (exact) mass is 358 g/mol. The van der Waals surface area contributed by atoms with Crippen molar-refractivity contribution in [3.63, 3.8) is 0 Å². The fraction of sp³-hybridized carbons (Fsp3) is 0.550. The number of piperidine rings is 1. The van der Waals surface area contributed by atoms with Gasteiger partial charge in [-0.3, -0.25) is 4.79 Å². The van der Waals surface area contributed by atoms with Crippen LogP contribution in [0.4, 0.5) is 5.69 Å². The molecule has 140 valence electrons. The number of amides is 1. The van der Waals surface area contributed by atoms with Gasteiger partial charge in [0.25, 0.3) is 5.91 Å². The fourth-order valence-corrected chi connectivity index (χ4v) is 3.52. The molecule has 0 spiro atoms. The van der Waals surface area contributed by atoms with Gasteiger partial charge in [-0.25, -0.2) is 4.79 Å². The number of nitrogens with zero attached hydrogens (tertiary/aromatic N) is 2. The summed E-state index contributed by atoms with van der Waals surface area (Å²) in [7, 11) is 2.11. The summed E-state index contributed by atoms with van der Waals surface area (Å²) in [6.45, 7) is 7.62. The summed E-state index contributed by atoms with van der Waals surface area (Å²) in [6.07, 6.45) is 3.46. The first-order chi connectivity index (χ1) is 12.3. The van der Waals surface area contributed by atoms with E-state index in [9.17, 15) is 14.9 Å². The molecule has 26 heavy (non-hydrogen) atoms. The van der Waals surface area contributed by atoms with Crippen LogP contribution in [-0.4, -0.2) is 49.1 Å². The fourth-order valence-electron chi connectivity index (χ4n) is 3.52. The average Bonchev–Trinajstić information content (AvgIpc) is 2.63. The summed E-state index contributed by atoms with van der Waals surface area (Å²) >= 11 is 0. The molecule has 6 heteroatoms. The Balaban J connectivity index is 2.31. The van der Waals surface area contributed by atoms with Crippen LogP contribution in [0.15, 0.2) is 12.1 Å². The molecule has 1 atom stereocenters. The number of quaternary nitrogens is 1. The third-order valence-corrected chi connectivity index (χ3v) is 5.36. The normalized spacial score (nSPS) is 17.0. The number of anilines is 1. The van der Waals surface area contributed by atoms with E-state index in [-0.39, 0.29) is 24.1 Å². The van der Waals surface area contributed by atoms with Gasteiger partial charge < -0.3 is 14.5 Å². The highest BCUT2D eigenvalue weighted by atomic mass is 16.5. The Kier molecular flexibility index (Phi) is 6.38. The van der Waals surface area contributed by atoms with Gasteiger partial charge >= 0.3 is 5.97 Å². The van der Waals surface area contributed by atoms with Crippen LogP contribution in [0.25, 0.3) is 0 Å². The van der Waals surface area contributed by atoms with Gasteiger partial charge in [-0.2, -0.15) is 5.26 Å². The summed E-state index contributed by atoms with van der Waals surface area (Å²) in [5.41, 5.74) is 1.70. The molecule has 1 aliphatic rings. The Morgan fingerprint density at radius 2 is 1.96 bits per heavy atom. The summed E-state index contributed by atoms with van der Waals surface area (Å²) in [4.78, 5) is 25.2. The van der Waals surface area contributed by atoms with Crippen LogP contribution >= 0.6 is 0 Å². The average molecular weight is 358 g/mol. The van der Waals surface area contributed by atoms with Crippen molar-refractivity contribution in [1.29, 1.82) is 5.26 Å². The molecular formula is C20H28N3O3+. The zero-order valence-electron chi connectivity index (χ0n) is 16.1. The van der Waals surface area contributed by atoms with E-state index in [0.717, 1.165) is 25.9 Å². The number of nitriles is 1. The number of rotatable bonds is 5. The minimum Gasteiger partial charge on any atom is -0.462 e. The van der Waals surface area contributed by atoms with E-state index in [1.165, 1.54) is 12.5 Å². The zero-order valence-corrected chi connectivity index (χ0v) is 16.1. The molecular weight excluding hydrogens is 330 g/mol. The Bertz CT molecular complexity index is 731. The minimum absolute atomic E-state index is 0.118. The predicted molar refractivity (Wildman–Crippen MR) is 99.7 cm³/mol. The Morgan fingerprint density at radius 3 is 2.54 bits per heavy atom. The van der Waals surface area contributed by atoms with E-state index in [2.05, 4.69) is 12.4 Å². The summed E-state index contributed by atoms with van der Waals surface area (Å²) in [6, 6.07) is 4.96. The smallest absolute Gasteiger partial charge is 0.340 e. The van der Waals surface area contributed by atoms with Gasteiger partial charge in [0.1, 0.15) is 0 Å². The molecule has 0 radical (unpaired) electrons. The topological polar surface area (TPSA) is 79.2 Å². The number of carbonyl (C=O) groups excluding carboxylic acids is 2. The van der Waals surface area contributed by atoms with Crippen molar-refractivity contribution in [2.24, 2.45) is 0 Å². The van der Waals surface area contributed by atoms with Crippen LogP contribution in [-0.2, 0) is 9.53 Å². The third kappa shape index (κ3) is 4.23. The van der Waals surface area contributed by atoms with Crippen LogP contribution in [0.1, 0.15) is 54.6 Å². The molecule has 0 saturated carbocycles. The molecule has 1 aromatic carbocycles. The highest BCUT2D eigenvalue weighted by Crippen LogP contribution is 2.26. The number of likely N-dealkylation sites (tertiary alicyclic amines) is 1. The number of hydrogen-bond acceptors (Lipinski definition) is 4. The molecule has 6 nitrogen and oxygen atoms in total. The van der Waals surface area contributed by atoms with Gasteiger partial charge in [0, 0.05) is 0 Å². The van der Waals surface area contributed by atoms with Gasteiger partial charge in [0.05, 0.1) is 49.6 Å². The maximum Gasteiger partial charge on any atom is 0.340 e. The Labute approximate surface area is 155 Å². The molecule has 1 aromatic rings. The molecule has 1 unspecified atom stereocenters. The van der Waals surface area contributed by atoms with Gasteiger partial charge in [0.2, 0.25) is 0 Å². The number of benzene rings is 1. The van der Waals surface area contributed by atoms with Crippen molar-refractivity contribution < 1.29 is 18.8 Å². The van der Waals surface area contributed by atoms with Crippen LogP contribution in [0.5, 0.6) is 0 Å². The van der Waals surface area contributed by atoms with E-state index >= 15 is 0 Å². The van der Waals surface area contributed by atoms with Crippen molar-refractivity contribution >= 4 is 17.6 Å². The highest BCUT2D eigenvalue weighted by Gasteiger charge is 2.36. The zero-order chi connectivity index (χ0) is 19.3. The van der Waals surface area contributed by atoms with Gasteiger partial charge in [-0.15, -0.1) is 0 Å². The molecule has 1 saturated heterocycles. The SMILES string of the molecule is CCOC(=O)c1cc(C#N)cc(C)c1NC(=O)C(C)[N+]1(C)CCCCC1. The molecule has 1 fully saturated rings. The molecule has 0 aromatic heterocycles. The molecule has 1 amide bonds. The van der Waals surface area contributed by atoms with E-state index in [1.54, 1.807) is 19.9 Å². The third-order valence-electron chi connectivity index (χ3n) is 5.36. The van der Waals surface area contributed by atoms with Crippen LogP contribution in [0, 0.1) is 18.3 Å². The lowest BCUT2D eigenvalue weighted by molar-refractivity contribution is -0.926. The first-order valence-corrected chi connectivity index (χ1v) is 9.19. The van der Waals surface area contributed by atoms with Crippen LogP contribution < -0.4 is 5.32 Å². The van der Waals surface area contributed by atoms with Crippen molar-refractivity contribution in [1.82, 2.24) is 0 Å². The van der Waals surface area contributed by atoms with Crippen LogP contribution in [0.3, 0.4) is 0 Å². The minimum atomic E-state index is -0.533. The number of carbonyl (C=O) groups is 2. The number of esters is 1. The van der Waals surface area contributed by atoms with Crippen molar-refractivity contribution in [3.8, 4) is 6.07 Å². The second-order valence-corrected chi connectivity index (χ2v) is 7.20. The van der Waals surface area contributed by atoms with Crippen molar-refractivity contribution in [2.45, 2.75) is 46.1 Å². The highest BCUT2D eigenvalue weighted by molar-refractivity contribution is 6.03. The quantitative estimate of drug-likeness (QED) is 0.648. The lowest BCUT2D eigenvalue weighted by atomic mass is 10.0. The molecule has 1 heterocycles. The van der Waals surface area contributed by atoms with E-state index in [4.69, 9.17) is 4.74 Å². The van der Waals surface area contributed by atoms with E-state index in [1.807, 2.05) is 13.0 Å². The van der Waals surface area contributed by atoms with Crippen molar-refractivity contribution in [2.75, 3.05) is 32.1 Å². The molecule has 1 N–H and O–H groups in total. The summed E-state index contributed by atoms with van der Waals surface area (Å²) < 4.78 is 5.80. The number of likely N-dealkylation sites (N-methyl/N-ethyl adjacent to an activating group) is 1. The maximum atomic E-state index is 12.9. The molecule has 2 rings (SSSR count). The summed E-state index contributed by atoms with van der Waals surface area (Å²) in [5.74, 6) is -0.651. The molecule has 0 bridgehead atoms. The standard InChI is InChI=1S/C20H27N3O3/c1-5-26-20(25)17-12-16(13-21)11-14(2)18(17)22-19(24)15(3)23(4)9-7-6-8-10-23/h11-12,15H,5-10H2,1-4H3/p+1. The van der Waals surface area contributed by atoms with E-state index in [0.29, 0.717) is 21.3 Å². The first kappa shape index (κ1) is 19.9. The number of hydrogen-bond donors (Lipinski definition) is 1.